The highest BCUT2D eigenvalue weighted by molar-refractivity contribution is 9.10. The Labute approximate surface area is 127 Å². The molecule has 0 spiro atoms. The van der Waals surface area contributed by atoms with E-state index in [4.69, 9.17) is 17.3 Å². The van der Waals surface area contributed by atoms with Gasteiger partial charge in [-0.3, -0.25) is 0 Å². The van der Waals surface area contributed by atoms with Crippen LogP contribution in [0.5, 0.6) is 0 Å². The molecule has 0 bridgehead atoms. The van der Waals surface area contributed by atoms with Crippen LogP contribution >= 0.6 is 27.5 Å². The third kappa shape index (κ3) is 3.16. The van der Waals surface area contributed by atoms with Gasteiger partial charge in [0.1, 0.15) is 0 Å². The number of benzene rings is 2. The maximum absolute atomic E-state index is 13.0. The summed E-state index contributed by atoms with van der Waals surface area (Å²) in [6.45, 7) is 0. The van der Waals surface area contributed by atoms with Crippen molar-refractivity contribution in [2.45, 2.75) is 12.2 Å². The van der Waals surface area contributed by atoms with Crippen LogP contribution in [0.25, 0.3) is 0 Å². The first-order valence-corrected chi connectivity index (χ1v) is 6.84. The summed E-state index contributed by atoms with van der Waals surface area (Å²) in [4.78, 5) is 0. The summed E-state index contributed by atoms with van der Waals surface area (Å²) < 4.78 is 39.5. The fourth-order valence-electron chi connectivity index (χ4n) is 1.91. The topological polar surface area (TPSA) is 26.0 Å². The number of hydrogen-bond acceptors (Lipinski definition) is 1. The predicted octanol–water partition coefficient (Wildman–Crippen LogP) is 5.17. The zero-order valence-electron chi connectivity index (χ0n) is 10.1. The van der Waals surface area contributed by atoms with E-state index in [0.717, 1.165) is 6.07 Å². The Balaban J connectivity index is 2.48. The highest BCUT2D eigenvalue weighted by atomic mass is 79.9. The lowest BCUT2D eigenvalue weighted by Gasteiger charge is -2.19. The van der Waals surface area contributed by atoms with Crippen LogP contribution in [0.15, 0.2) is 46.9 Å². The molecule has 2 N–H and O–H groups in total. The Kier molecular flexibility index (Phi) is 4.42. The molecule has 106 valence electrons. The predicted molar refractivity (Wildman–Crippen MR) is 76.6 cm³/mol. The molecule has 2 aromatic rings. The van der Waals surface area contributed by atoms with E-state index >= 15 is 0 Å². The zero-order chi connectivity index (χ0) is 14.9. The average molecular weight is 365 g/mol. The molecular formula is C14H10BrClF3N. The second kappa shape index (κ2) is 5.76. The van der Waals surface area contributed by atoms with Gasteiger partial charge in [0, 0.05) is 4.47 Å². The molecule has 0 aliphatic carbocycles. The molecule has 0 amide bonds. The van der Waals surface area contributed by atoms with E-state index in [1.165, 1.54) is 18.2 Å². The quantitative estimate of drug-likeness (QED) is 0.782. The van der Waals surface area contributed by atoms with Gasteiger partial charge >= 0.3 is 6.18 Å². The molecule has 2 aromatic carbocycles. The van der Waals surface area contributed by atoms with Gasteiger partial charge in [-0.15, -0.1) is 0 Å². The second-order valence-corrected chi connectivity index (χ2v) is 5.50. The molecule has 0 heterocycles. The summed E-state index contributed by atoms with van der Waals surface area (Å²) in [7, 11) is 0. The number of halogens is 5. The van der Waals surface area contributed by atoms with Crippen LogP contribution in [0.1, 0.15) is 22.7 Å². The monoisotopic (exact) mass is 363 g/mol. The van der Waals surface area contributed by atoms with Crippen LogP contribution < -0.4 is 5.73 Å². The molecule has 6 heteroatoms. The molecule has 0 aromatic heterocycles. The van der Waals surface area contributed by atoms with Crippen LogP contribution in [0.2, 0.25) is 5.02 Å². The molecule has 1 atom stereocenters. The maximum Gasteiger partial charge on any atom is 0.416 e. The number of hydrogen-bond donors (Lipinski definition) is 1. The number of alkyl halides is 3. The van der Waals surface area contributed by atoms with E-state index in [0.29, 0.717) is 15.1 Å². The van der Waals surface area contributed by atoms with Crippen molar-refractivity contribution >= 4 is 27.5 Å². The van der Waals surface area contributed by atoms with Crippen molar-refractivity contribution in [1.82, 2.24) is 0 Å². The molecule has 0 fully saturated rings. The lowest BCUT2D eigenvalue weighted by Crippen LogP contribution is -2.18. The van der Waals surface area contributed by atoms with Crippen molar-refractivity contribution in [3.63, 3.8) is 0 Å². The van der Waals surface area contributed by atoms with Crippen LogP contribution in [-0.2, 0) is 6.18 Å². The summed E-state index contributed by atoms with van der Waals surface area (Å²) in [6, 6.07) is 9.26. The Morgan fingerprint density at radius 3 is 2.35 bits per heavy atom. The van der Waals surface area contributed by atoms with Crippen LogP contribution in [0.4, 0.5) is 13.2 Å². The van der Waals surface area contributed by atoms with Crippen molar-refractivity contribution in [1.29, 1.82) is 0 Å². The minimum Gasteiger partial charge on any atom is -0.320 e. The average Bonchev–Trinajstić information content (AvgIpc) is 2.40. The molecule has 0 aliphatic heterocycles. The minimum atomic E-state index is -4.43. The lowest BCUT2D eigenvalue weighted by atomic mass is 9.95. The van der Waals surface area contributed by atoms with Crippen LogP contribution in [0.3, 0.4) is 0 Å². The molecule has 0 saturated heterocycles. The molecule has 2 rings (SSSR count). The van der Waals surface area contributed by atoms with Crippen LogP contribution in [-0.4, -0.2) is 0 Å². The largest absolute Gasteiger partial charge is 0.416 e. The molecule has 0 saturated carbocycles. The van der Waals surface area contributed by atoms with E-state index in [-0.39, 0.29) is 5.56 Å². The SMILES string of the molecule is NC(c1ccc(Cl)c(Br)c1)c1ccccc1C(F)(F)F. The fraction of sp³-hybridized carbons (Fsp3) is 0.143. The Morgan fingerprint density at radius 1 is 1.10 bits per heavy atom. The lowest BCUT2D eigenvalue weighted by molar-refractivity contribution is -0.138. The summed E-state index contributed by atoms with van der Waals surface area (Å²) in [5.41, 5.74) is 5.84. The van der Waals surface area contributed by atoms with Gasteiger partial charge < -0.3 is 5.73 Å². The van der Waals surface area contributed by atoms with Gasteiger partial charge in [-0.2, -0.15) is 13.2 Å². The first kappa shape index (κ1) is 15.4. The van der Waals surface area contributed by atoms with E-state index in [1.54, 1.807) is 18.2 Å². The van der Waals surface area contributed by atoms with Crippen molar-refractivity contribution in [2.75, 3.05) is 0 Å². The standard InChI is InChI=1S/C14H10BrClF3N/c15-11-7-8(5-6-12(11)16)13(20)9-3-1-2-4-10(9)14(17,18)19/h1-7,13H,20H2. The van der Waals surface area contributed by atoms with Crippen molar-refractivity contribution in [3.05, 3.63) is 68.7 Å². The molecule has 1 nitrogen and oxygen atoms in total. The number of nitrogens with two attached hydrogens (primary N) is 1. The number of rotatable bonds is 2. The van der Waals surface area contributed by atoms with Crippen molar-refractivity contribution < 1.29 is 13.2 Å². The van der Waals surface area contributed by atoms with Gasteiger partial charge in [0.05, 0.1) is 16.6 Å². The van der Waals surface area contributed by atoms with Gasteiger partial charge in [0.2, 0.25) is 0 Å². The first-order valence-electron chi connectivity index (χ1n) is 5.67. The molecule has 1 unspecified atom stereocenters. The van der Waals surface area contributed by atoms with Gasteiger partial charge in [-0.05, 0) is 45.3 Å². The van der Waals surface area contributed by atoms with E-state index in [2.05, 4.69) is 15.9 Å². The van der Waals surface area contributed by atoms with E-state index < -0.39 is 17.8 Å². The molecular weight excluding hydrogens is 355 g/mol. The maximum atomic E-state index is 13.0. The highest BCUT2D eigenvalue weighted by Gasteiger charge is 2.34. The smallest absolute Gasteiger partial charge is 0.320 e. The zero-order valence-corrected chi connectivity index (χ0v) is 12.4. The fourth-order valence-corrected chi connectivity index (χ4v) is 2.43. The Hall–Kier alpha value is -1.04. The normalized spacial score (nSPS) is 13.3. The van der Waals surface area contributed by atoms with Crippen molar-refractivity contribution in [2.24, 2.45) is 5.73 Å². The Morgan fingerprint density at radius 2 is 1.75 bits per heavy atom. The molecule has 20 heavy (non-hydrogen) atoms. The minimum absolute atomic E-state index is 0.0363. The van der Waals surface area contributed by atoms with Gasteiger partial charge in [0.15, 0.2) is 0 Å². The van der Waals surface area contributed by atoms with Crippen LogP contribution in [0, 0.1) is 0 Å². The summed E-state index contributed by atoms with van der Waals surface area (Å²) in [5.74, 6) is 0. The van der Waals surface area contributed by atoms with Gasteiger partial charge in [0.25, 0.3) is 0 Å². The van der Waals surface area contributed by atoms with Gasteiger partial charge in [-0.1, -0.05) is 35.9 Å². The summed E-state index contributed by atoms with van der Waals surface area (Å²) >= 11 is 9.10. The third-order valence-electron chi connectivity index (χ3n) is 2.90. The second-order valence-electron chi connectivity index (χ2n) is 4.24. The summed E-state index contributed by atoms with van der Waals surface area (Å²) in [5, 5.41) is 0.477. The van der Waals surface area contributed by atoms with E-state index in [1.807, 2.05) is 0 Å². The highest BCUT2D eigenvalue weighted by Crippen LogP contribution is 2.36. The van der Waals surface area contributed by atoms with Gasteiger partial charge in [-0.25, -0.2) is 0 Å². The third-order valence-corrected chi connectivity index (χ3v) is 4.12. The first-order chi connectivity index (χ1) is 9.30. The summed E-state index contributed by atoms with van der Waals surface area (Å²) in [6.07, 6.45) is -4.43. The van der Waals surface area contributed by atoms with Crippen molar-refractivity contribution in [3.8, 4) is 0 Å². The van der Waals surface area contributed by atoms with E-state index in [9.17, 15) is 13.2 Å². The molecule has 0 radical (unpaired) electrons. The Bertz CT molecular complexity index is 628. The molecule has 0 aliphatic rings.